The summed E-state index contributed by atoms with van der Waals surface area (Å²) in [7, 11) is 0. The molecule has 0 saturated carbocycles. The van der Waals surface area contributed by atoms with Crippen molar-refractivity contribution in [2.24, 2.45) is 0 Å². The van der Waals surface area contributed by atoms with Gasteiger partial charge in [0, 0.05) is 25.7 Å². The minimum absolute atomic E-state index is 0.0983. The molecule has 0 bridgehead atoms. The number of nitrogens with zero attached hydrogens (tertiary/aromatic N) is 4. The molecule has 0 aromatic carbocycles. The first kappa shape index (κ1) is 11.2. The lowest BCUT2D eigenvalue weighted by atomic mass is 10.1. The third kappa shape index (κ3) is 1.98. The first-order valence-corrected chi connectivity index (χ1v) is 5.80. The van der Waals surface area contributed by atoms with Gasteiger partial charge in [-0.15, -0.1) is 0 Å². The maximum absolute atomic E-state index is 11.8. The molecule has 2 fully saturated rings. The van der Waals surface area contributed by atoms with Crippen molar-refractivity contribution in [2.75, 3.05) is 32.7 Å². The van der Waals surface area contributed by atoms with Gasteiger partial charge in [-0.3, -0.25) is 14.6 Å². The molecular weight excluding hydrogens is 204 g/mol. The van der Waals surface area contributed by atoms with Crippen LogP contribution in [0.15, 0.2) is 0 Å². The van der Waals surface area contributed by atoms with Crippen molar-refractivity contribution in [3.63, 3.8) is 0 Å². The van der Waals surface area contributed by atoms with Crippen molar-refractivity contribution in [3.8, 4) is 6.19 Å². The molecule has 1 amide bonds. The summed E-state index contributed by atoms with van der Waals surface area (Å²) < 4.78 is 0. The second-order valence-corrected chi connectivity index (χ2v) is 4.81. The molecule has 88 valence electrons. The van der Waals surface area contributed by atoms with E-state index in [1.54, 1.807) is 4.90 Å². The SMILES string of the molecule is CC(C)N1CCN2C(=O)CN(C#N)C[C@H]2C1. The lowest BCUT2D eigenvalue weighted by Gasteiger charge is -2.46. The number of carbonyl (C=O) groups is 1. The lowest BCUT2D eigenvalue weighted by molar-refractivity contribution is -0.142. The van der Waals surface area contributed by atoms with Gasteiger partial charge in [0.1, 0.15) is 6.54 Å². The summed E-state index contributed by atoms with van der Waals surface area (Å²) >= 11 is 0. The summed E-state index contributed by atoms with van der Waals surface area (Å²) in [5.41, 5.74) is 0. The molecule has 2 aliphatic heterocycles. The zero-order valence-electron chi connectivity index (χ0n) is 9.89. The molecule has 0 aromatic rings. The maximum Gasteiger partial charge on any atom is 0.243 e. The highest BCUT2D eigenvalue weighted by molar-refractivity contribution is 5.79. The van der Waals surface area contributed by atoms with Crippen LogP contribution in [0, 0.1) is 11.5 Å². The van der Waals surface area contributed by atoms with Crippen LogP contribution in [0.25, 0.3) is 0 Å². The van der Waals surface area contributed by atoms with Crippen molar-refractivity contribution < 1.29 is 4.79 Å². The molecular formula is C11H18N4O. The smallest absolute Gasteiger partial charge is 0.243 e. The molecule has 2 aliphatic rings. The summed E-state index contributed by atoms with van der Waals surface area (Å²) in [4.78, 5) is 17.7. The van der Waals surface area contributed by atoms with Crippen molar-refractivity contribution in [2.45, 2.75) is 25.9 Å². The number of nitriles is 1. The van der Waals surface area contributed by atoms with Gasteiger partial charge in [0.25, 0.3) is 0 Å². The average molecular weight is 222 g/mol. The predicted molar refractivity (Wildman–Crippen MR) is 59.4 cm³/mol. The number of amides is 1. The summed E-state index contributed by atoms with van der Waals surface area (Å²) in [6.07, 6.45) is 2.08. The Morgan fingerprint density at radius 3 is 2.75 bits per heavy atom. The van der Waals surface area contributed by atoms with E-state index in [9.17, 15) is 4.79 Å². The third-order valence-corrected chi connectivity index (χ3v) is 3.46. The molecule has 0 radical (unpaired) electrons. The Bertz CT molecular complexity index is 322. The molecule has 5 heteroatoms. The van der Waals surface area contributed by atoms with Gasteiger partial charge in [0.05, 0.1) is 12.6 Å². The zero-order chi connectivity index (χ0) is 11.7. The Kier molecular flexibility index (Phi) is 3.01. The predicted octanol–water partition coefficient (Wildman–Crippen LogP) is -0.296. The Morgan fingerprint density at radius 1 is 1.38 bits per heavy atom. The fraction of sp³-hybridized carbons (Fsp3) is 0.818. The minimum atomic E-state index is 0.0983. The summed E-state index contributed by atoms with van der Waals surface area (Å²) in [5, 5.41) is 8.87. The fourth-order valence-electron chi connectivity index (χ4n) is 2.48. The first-order chi connectivity index (χ1) is 7.61. The van der Waals surface area contributed by atoms with Crippen LogP contribution < -0.4 is 0 Å². The van der Waals surface area contributed by atoms with Crippen LogP contribution in [0.5, 0.6) is 0 Å². The Hall–Kier alpha value is -1.28. The molecule has 1 atom stereocenters. The molecule has 16 heavy (non-hydrogen) atoms. The topological polar surface area (TPSA) is 50.6 Å². The van der Waals surface area contributed by atoms with Gasteiger partial charge in [-0.05, 0) is 13.8 Å². The largest absolute Gasteiger partial charge is 0.334 e. The average Bonchev–Trinajstić information content (AvgIpc) is 2.28. The highest BCUT2D eigenvalue weighted by atomic mass is 16.2. The van der Waals surface area contributed by atoms with E-state index >= 15 is 0 Å². The van der Waals surface area contributed by atoms with Crippen LogP contribution in [0.1, 0.15) is 13.8 Å². The van der Waals surface area contributed by atoms with Crippen molar-refractivity contribution in [1.29, 1.82) is 5.26 Å². The van der Waals surface area contributed by atoms with Crippen LogP contribution in [-0.2, 0) is 4.79 Å². The summed E-state index contributed by atoms with van der Waals surface area (Å²) in [5.74, 6) is 0.0983. The Labute approximate surface area is 96.2 Å². The van der Waals surface area contributed by atoms with Crippen LogP contribution >= 0.6 is 0 Å². The van der Waals surface area contributed by atoms with Crippen LogP contribution in [-0.4, -0.2) is 65.4 Å². The fourth-order valence-corrected chi connectivity index (χ4v) is 2.48. The molecule has 0 aliphatic carbocycles. The van der Waals surface area contributed by atoms with Crippen LogP contribution in [0.4, 0.5) is 0 Å². The van der Waals surface area contributed by atoms with E-state index in [1.165, 1.54) is 0 Å². The van der Waals surface area contributed by atoms with Gasteiger partial charge in [-0.2, -0.15) is 5.26 Å². The molecule has 0 N–H and O–H groups in total. The monoisotopic (exact) mass is 222 g/mol. The number of hydrogen-bond donors (Lipinski definition) is 0. The normalized spacial score (nSPS) is 26.9. The molecule has 5 nitrogen and oxygen atoms in total. The van der Waals surface area contributed by atoms with Gasteiger partial charge in [-0.1, -0.05) is 0 Å². The van der Waals surface area contributed by atoms with Gasteiger partial charge < -0.3 is 4.90 Å². The minimum Gasteiger partial charge on any atom is -0.334 e. The van der Waals surface area contributed by atoms with E-state index in [4.69, 9.17) is 5.26 Å². The number of rotatable bonds is 1. The van der Waals surface area contributed by atoms with Crippen molar-refractivity contribution in [3.05, 3.63) is 0 Å². The maximum atomic E-state index is 11.8. The summed E-state index contributed by atoms with van der Waals surface area (Å²) in [6, 6.07) is 0.701. The van der Waals surface area contributed by atoms with Crippen molar-refractivity contribution >= 4 is 5.91 Å². The number of hydrogen-bond acceptors (Lipinski definition) is 4. The second-order valence-electron chi connectivity index (χ2n) is 4.81. The molecule has 0 aromatic heterocycles. The zero-order valence-corrected chi connectivity index (χ0v) is 9.89. The van der Waals surface area contributed by atoms with E-state index in [1.807, 2.05) is 4.90 Å². The van der Waals surface area contributed by atoms with Gasteiger partial charge >= 0.3 is 0 Å². The van der Waals surface area contributed by atoms with Crippen LogP contribution in [0.2, 0.25) is 0 Å². The molecule has 2 heterocycles. The van der Waals surface area contributed by atoms with E-state index in [-0.39, 0.29) is 18.5 Å². The van der Waals surface area contributed by atoms with Gasteiger partial charge in [-0.25, -0.2) is 0 Å². The molecule has 0 spiro atoms. The molecule has 0 unspecified atom stereocenters. The molecule has 2 rings (SSSR count). The standard InChI is InChI=1S/C11H18N4O/c1-9(2)14-3-4-15-10(6-14)5-13(8-12)7-11(15)16/h9-10H,3-7H2,1-2H3/t10-/m0/s1. The van der Waals surface area contributed by atoms with E-state index in [2.05, 4.69) is 24.9 Å². The second kappa shape index (κ2) is 4.30. The van der Waals surface area contributed by atoms with E-state index < -0.39 is 0 Å². The Morgan fingerprint density at radius 2 is 2.12 bits per heavy atom. The van der Waals surface area contributed by atoms with Gasteiger partial charge in [0.2, 0.25) is 5.91 Å². The van der Waals surface area contributed by atoms with E-state index in [0.717, 1.165) is 19.6 Å². The van der Waals surface area contributed by atoms with Crippen LogP contribution in [0.3, 0.4) is 0 Å². The quantitative estimate of drug-likeness (QED) is 0.572. The van der Waals surface area contributed by atoms with E-state index in [0.29, 0.717) is 12.6 Å². The first-order valence-electron chi connectivity index (χ1n) is 5.80. The molecule has 2 saturated heterocycles. The Balaban J connectivity index is 2.05. The summed E-state index contributed by atoms with van der Waals surface area (Å²) in [6.45, 7) is 7.93. The number of carbonyl (C=O) groups excluding carboxylic acids is 1. The third-order valence-electron chi connectivity index (χ3n) is 3.46. The highest BCUT2D eigenvalue weighted by Crippen LogP contribution is 2.17. The number of fused-ring (bicyclic) bond motifs is 1. The highest BCUT2D eigenvalue weighted by Gasteiger charge is 2.36. The number of piperazine rings is 2. The lowest BCUT2D eigenvalue weighted by Crippen LogP contribution is -2.64. The van der Waals surface area contributed by atoms with Crippen molar-refractivity contribution in [1.82, 2.24) is 14.7 Å². The van der Waals surface area contributed by atoms with Gasteiger partial charge in [0.15, 0.2) is 6.19 Å².